The first-order valence-electron chi connectivity index (χ1n) is 14.9. The standard InChI is InChI=1S/C36H35NO8S/c1-23(2)32-18-7-25(4)19-34(32)44-29-14-10-28(11-15-29)37-21-27(20-35(37)39)36(40)43-22-33(38)26-8-12-30(13-9-26)45-46(41,42)31-16-5-24(3)6-17-31/h5-19,23,27H,20-22H2,1-4H3/t27-/m0/s1. The van der Waals surface area contributed by atoms with E-state index in [0.29, 0.717) is 17.4 Å². The minimum atomic E-state index is -4.04. The van der Waals surface area contributed by atoms with E-state index < -0.39 is 34.4 Å². The molecule has 1 fully saturated rings. The smallest absolute Gasteiger partial charge is 0.339 e. The quantitative estimate of drug-likeness (QED) is 0.100. The summed E-state index contributed by atoms with van der Waals surface area (Å²) >= 11 is 0. The fourth-order valence-corrected chi connectivity index (χ4v) is 5.99. The molecule has 0 unspecified atom stereocenters. The van der Waals surface area contributed by atoms with Crippen LogP contribution in [-0.4, -0.2) is 39.2 Å². The summed E-state index contributed by atoms with van der Waals surface area (Å²) in [6, 6.07) is 25.0. The molecule has 1 saturated heterocycles. The van der Waals surface area contributed by atoms with Crippen molar-refractivity contribution in [2.45, 2.75) is 44.9 Å². The summed E-state index contributed by atoms with van der Waals surface area (Å²) in [6.07, 6.45) is -0.0339. The van der Waals surface area contributed by atoms with Gasteiger partial charge in [0.15, 0.2) is 12.4 Å². The number of ether oxygens (including phenoxy) is 2. The van der Waals surface area contributed by atoms with Crippen molar-refractivity contribution < 1.29 is 36.5 Å². The zero-order valence-corrected chi connectivity index (χ0v) is 26.9. The Morgan fingerprint density at radius 1 is 0.848 bits per heavy atom. The Hall–Kier alpha value is -4.96. The Kier molecular flexibility index (Phi) is 9.57. The van der Waals surface area contributed by atoms with Gasteiger partial charge >= 0.3 is 16.1 Å². The summed E-state index contributed by atoms with van der Waals surface area (Å²) in [7, 11) is -4.04. The molecule has 0 bridgehead atoms. The maximum Gasteiger partial charge on any atom is 0.339 e. The third-order valence-corrected chi connectivity index (χ3v) is 8.92. The number of aryl methyl sites for hydroxylation is 2. The van der Waals surface area contributed by atoms with E-state index in [1.807, 2.05) is 19.9 Å². The first-order valence-corrected chi connectivity index (χ1v) is 16.3. The average molecular weight is 642 g/mol. The number of ketones is 1. The van der Waals surface area contributed by atoms with Crippen LogP contribution in [0.15, 0.2) is 95.9 Å². The molecule has 1 heterocycles. The van der Waals surface area contributed by atoms with E-state index in [1.54, 1.807) is 36.4 Å². The first-order chi connectivity index (χ1) is 21.9. The molecule has 238 valence electrons. The van der Waals surface area contributed by atoms with Gasteiger partial charge in [-0.05, 0) is 97.6 Å². The number of hydrogen-bond acceptors (Lipinski definition) is 8. The highest BCUT2D eigenvalue weighted by Crippen LogP contribution is 2.33. The van der Waals surface area contributed by atoms with Crippen LogP contribution in [0.25, 0.3) is 0 Å². The molecule has 0 N–H and O–H groups in total. The number of Topliss-reactive ketones (excluding diaryl/α,β-unsaturated/α-hetero) is 1. The topological polar surface area (TPSA) is 116 Å². The Labute approximate surface area is 268 Å². The van der Waals surface area contributed by atoms with Crippen LogP contribution < -0.4 is 13.8 Å². The second-order valence-electron chi connectivity index (χ2n) is 11.6. The van der Waals surface area contributed by atoms with Crippen LogP contribution in [0.4, 0.5) is 5.69 Å². The second-order valence-corrected chi connectivity index (χ2v) is 13.1. The van der Waals surface area contributed by atoms with Crippen molar-refractivity contribution in [2.75, 3.05) is 18.1 Å². The molecule has 4 aromatic rings. The van der Waals surface area contributed by atoms with Gasteiger partial charge in [0.25, 0.3) is 0 Å². The average Bonchev–Trinajstić information content (AvgIpc) is 3.42. The minimum absolute atomic E-state index is 0.0125. The maximum atomic E-state index is 12.8. The van der Waals surface area contributed by atoms with Gasteiger partial charge in [-0.25, -0.2) is 0 Å². The van der Waals surface area contributed by atoms with E-state index in [2.05, 4.69) is 26.0 Å². The highest BCUT2D eigenvalue weighted by molar-refractivity contribution is 7.87. The number of esters is 1. The minimum Gasteiger partial charge on any atom is -0.457 e. The van der Waals surface area contributed by atoms with Crippen molar-refractivity contribution in [1.29, 1.82) is 0 Å². The van der Waals surface area contributed by atoms with Gasteiger partial charge < -0.3 is 18.6 Å². The summed E-state index contributed by atoms with van der Waals surface area (Å²) in [6.45, 7) is 7.67. The molecule has 0 radical (unpaired) electrons. The monoisotopic (exact) mass is 641 g/mol. The van der Waals surface area contributed by atoms with Crippen LogP contribution in [0.1, 0.15) is 53.2 Å². The molecule has 46 heavy (non-hydrogen) atoms. The molecule has 4 aromatic carbocycles. The van der Waals surface area contributed by atoms with Crippen LogP contribution >= 0.6 is 0 Å². The second kappa shape index (κ2) is 13.6. The van der Waals surface area contributed by atoms with Crippen molar-refractivity contribution in [3.8, 4) is 17.2 Å². The predicted octanol–water partition coefficient (Wildman–Crippen LogP) is 6.77. The van der Waals surface area contributed by atoms with Gasteiger partial charge in [-0.1, -0.05) is 43.7 Å². The van der Waals surface area contributed by atoms with Crippen molar-refractivity contribution >= 4 is 33.5 Å². The Morgan fingerprint density at radius 2 is 1.48 bits per heavy atom. The summed E-state index contributed by atoms with van der Waals surface area (Å²) in [5.74, 6) is -0.327. The molecule has 9 nitrogen and oxygen atoms in total. The summed E-state index contributed by atoms with van der Waals surface area (Å²) in [5, 5.41) is 0. The fraction of sp³-hybridized carbons (Fsp3) is 0.250. The number of hydrogen-bond donors (Lipinski definition) is 0. The third-order valence-electron chi connectivity index (χ3n) is 7.66. The SMILES string of the molecule is Cc1ccc(S(=O)(=O)Oc2ccc(C(=O)COC(=O)[C@H]3CC(=O)N(c4ccc(Oc5cc(C)ccc5C(C)C)cc4)C3)cc2)cc1. The highest BCUT2D eigenvalue weighted by atomic mass is 32.2. The molecule has 1 aliphatic heterocycles. The number of benzene rings is 4. The van der Waals surface area contributed by atoms with Crippen LogP contribution in [0.5, 0.6) is 17.2 Å². The number of amides is 1. The van der Waals surface area contributed by atoms with Gasteiger partial charge in [0.1, 0.15) is 22.1 Å². The van der Waals surface area contributed by atoms with E-state index in [-0.39, 0.29) is 35.1 Å². The molecule has 5 rings (SSSR count). The van der Waals surface area contributed by atoms with Crippen LogP contribution in [0, 0.1) is 19.8 Å². The molecule has 0 spiro atoms. The molecule has 10 heteroatoms. The van der Waals surface area contributed by atoms with Crippen LogP contribution in [0.2, 0.25) is 0 Å². The lowest BCUT2D eigenvalue weighted by molar-refractivity contribution is -0.147. The molecule has 0 aromatic heterocycles. The number of carbonyl (C=O) groups is 3. The number of anilines is 1. The molecule has 1 amide bonds. The molecule has 1 atom stereocenters. The number of nitrogens with zero attached hydrogens (tertiary/aromatic N) is 1. The van der Waals surface area contributed by atoms with Crippen molar-refractivity contribution in [3.05, 3.63) is 113 Å². The summed E-state index contributed by atoms with van der Waals surface area (Å²) in [5.41, 5.74) is 3.94. The lowest BCUT2D eigenvalue weighted by Gasteiger charge is -2.18. The summed E-state index contributed by atoms with van der Waals surface area (Å²) < 4.78 is 41.6. The van der Waals surface area contributed by atoms with E-state index >= 15 is 0 Å². The van der Waals surface area contributed by atoms with Gasteiger partial charge in [-0.3, -0.25) is 14.4 Å². The number of rotatable bonds is 11. The normalized spacial score (nSPS) is 14.8. The number of carbonyl (C=O) groups excluding carboxylic acids is 3. The van der Waals surface area contributed by atoms with E-state index in [4.69, 9.17) is 13.7 Å². The van der Waals surface area contributed by atoms with Crippen LogP contribution in [0.3, 0.4) is 0 Å². The van der Waals surface area contributed by atoms with Gasteiger partial charge in [0, 0.05) is 24.2 Å². The van der Waals surface area contributed by atoms with E-state index in [9.17, 15) is 22.8 Å². The van der Waals surface area contributed by atoms with Gasteiger partial charge in [-0.2, -0.15) is 8.42 Å². The van der Waals surface area contributed by atoms with Crippen molar-refractivity contribution in [2.24, 2.45) is 5.92 Å². The zero-order valence-electron chi connectivity index (χ0n) is 26.1. The predicted molar refractivity (Wildman–Crippen MR) is 173 cm³/mol. The highest BCUT2D eigenvalue weighted by Gasteiger charge is 2.36. The van der Waals surface area contributed by atoms with E-state index in [0.717, 1.165) is 22.4 Å². The Balaban J connectivity index is 1.14. The largest absolute Gasteiger partial charge is 0.457 e. The molecule has 1 aliphatic rings. The van der Waals surface area contributed by atoms with E-state index in [1.165, 1.54) is 41.3 Å². The van der Waals surface area contributed by atoms with Gasteiger partial charge in [-0.15, -0.1) is 0 Å². The molecular weight excluding hydrogens is 606 g/mol. The van der Waals surface area contributed by atoms with Crippen LogP contribution in [-0.2, 0) is 24.4 Å². The molecule has 0 aliphatic carbocycles. The van der Waals surface area contributed by atoms with Crippen molar-refractivity contribution in [1.82, 2.24) is 0 Å². The Morgan fingerprint density at radius 3 is 2.13 bits per heavy atom. The zero-order chi connectivity index (χ0) is 33.0. The van der Waals surface area contributed by atoms with Gasteiger partial charge in [0.05, 0.1) is 5.92 Å². The summed E-state index contributed by atoms with van der Waals surface area (Å²) in [4.78, 5) is 39.8. The fourth-order valence-electron chi connectivity index (χ4n) is 5.06. The van der Waals surface area contributed by atoms with Gasteiger partial charge in [0.2, 0.25) is 5.91 Å². The third kappa shape index (κ3) is 7.63. The Bertz CT molecular complexity index is 1850. The lowest BCUT2D eigenvalue weighted by atomic mass is 10.0. The lowest BCUT2D eigenvalue weighted by Crippen LogP contribution is -2.27. The molecular formula is C36H35NO8S. The maximum absolute atomic E-state index is 12.8. The first kappa shape index (κ1) is 32.4. The molecule has 0 saturated carbocycles. The van der Waals surface area contributed by atoms with Crippen molar-refractivity contribution in [3.63, 3.8) is 0 Å².